The van der Waals surface area contributed by atoms with Crippen LogP contribution in [0.1, 0.15) is 5.69 Å². The Morgan fingerprint density at radius 1 is 1.38 bits per heavy atom. The first-order chi connectivity index (χ1) is 10.2. The summed E-state index contributed by atoms with van der Waals surface area (Å²) in [6, 6.07) is 9.61. The summed E-state index contributed by atoms with van der Waals surface area (Å²) in [6.45, 7) is 1.20. The molecule has 0 fully saturated rings. The first-order valence-corrected chi connectivity index (χ1v) is 7.08. The summed E-state index contributed by atoms with van der Waals surface area (Å²) in [5.74, 6) is 0.0131. The summed E-state index contributed by atoms with van der Waals surface area (Å²) in [5.41, 5.74) is 3.11. The number of hydrogen-bond donors (Lipinski definition) is 3. The van der Waals surface area contributed by atoms with E-state index in [1.165, 1.54) is 0 Å². The fraction of sp³-hybridized carbons (Fsp3) is 0.333. The Hall–Kier alpha value is -2.50. The molecule has 1 aliphatic rings. The molecule has 0 bridgehead atoms. The van der Waals surface area contributed by atoms with Crippen molar-refractivity contribution in [2.45, 2.75) is 12.5 Å². The maximum absolute atomic E-state index is 12.2. The van der Waals surface area contributed by atoms with Crippen molar-refractivity contribution < 1.29 is 4.79 Å². The second kappa shape index (κ2) is 5.87. The smallest absolute Gasteiger partial charge is 0.244 e. The Kier molecular flexibility index (Phi) is 3.77. The Morgan fingerprint density at radius 3 is 2.95 bits per heavy atom. The van der Waals surface area contributed by atoms with E-state index < -0.39 is 0 Å². The van der Waals surface area contributed by atoms with E-state index in [-0.39, 0.29) is 11.9 Å². The molecule has 110 valence electrons. The van der Waals surface area contributed by atoms with Crippen LogP contribution in [-0.4, -0.2) is 34.8 Å². The minimum Gasteiger partial charge on any atom is -0.381 e. The molecule has 2 aromatic rings. The average Bonchev–Trinajstić information content (AvgIpc) is 2.92. The van der Waals surface area contributed by atoms with Gasteiger partial charge in [0.25, 0.3) is 0 Å². The van der Waals surface area contributed by atoms with Gasteiger partial charge in [0, 0.05) is 38.4 Å². The molecule has 2 heterocycles. The van der Waals surface area contributed by atoms with Gasteiger partial charge in [0.15, 0.2) is 0 Å². The van der Waals surface area contributed by atoms with Crippen LogP contribution in [-0.2, 0) is 18.3 Å². The van der Waals surface area contributed by atoms with Crippen LogP contribution in [0.15, 0.2) is 36.5 Å². The van der Waals surface area contributed by atoms with E-state index in [0.717, 1.165) is 23.5 Å². The molecule has 1 aromatic carbocycles. The highest BCUT2D eigenvalue weighted by molar-refractivity contribution is 5.88. The van der Waals surface area contributed by atoms with Crippen LogP contribution in [0.3, 0.4) is 0 Å². The van der Waals surface area contributed by atoms with Crippen molar-refractivity contribution in [3.8, 4) is 0 Å². The third-order valence-corrected chi connectivity index (χ3v) is 3.67. The standard InChI is InChI=1S/C15H19N5O/c1-20-11(7-9-18-20)6-8-16-15(21)14-10-17-12-4-2-3-5-13(12)19-14/h2-5,7,9,14,17,19H,6,8,10H2,1H3,(H,16,21). The molecule has 0 saturated carbocycles. The number of para-hydroxylation sites is 2. The minimum absolute atomic E-state index is 0.0131. The van der Waals surface area contributed by atoms with Gasteiger partial charge in [-0.3, -0.25) is 9.48 Å². The fourth-order valence-corrected chi connectivity index (χ4v) is 2.46. The SMILES string of the molecule is Cn1nccc1CCNC(=O)C1CNc2ccccc2N1. The zero-order valence-corrected chi connectivity index (χ0v) is 12.0. The van der Waals surface area contributed by atoms with Crippen molar-refractivity contribution in [2.75, 3.05) is 23.7 Å². The number of fused-ring (bicyclic) bond motifs is 1. The van der Waals surface area contributed by atoms with Crippen molar-refractivity contribution in [2.24, 2.45) is 7.05 Å². The number of carbonyl (C=O) groups excluding carboxylic acids is 1. The second-order valence-corrected chi connectivity index (χ2v) is 5.11. The zero-order chi connectivity index (χ0) is 14.7. The molecule has 1 atom stereocenters. The number of nitrogens with one attached hydrogen (secondary N) is 3. The van der Waals surface area contributed by atoms with Crippen LogP contribution in [0.25, 0.3) is 0 Å². The van der Waals surface area contributed by atoms with E-state index in [1.807, 2.05) is 42.1 Å². The number of aryl methyl sites for hydroxylation is 1. The van der Waals surface area contributed by atoms with Crippen LogP contribution >= 0.6 is 0 Å². The third-order valence-electron chi connectivity index (χ3n) is 3.67. The molecule has 0 aliphatic carbocycles. The number of rotatable bonds is 4. The highest BCUT2D eigenvalue weighted by Gasteiger charge is 2.22. The summed E-state index contributed by atoms with van der Waals surface area (Å²) in [7, 11) is 1.90. The monoisotopic (exact) mass is 285 g/mol. The predicted octanol–water partition coefficient (Wildman–Crippen LogP) is 0.985. The molecule has 21 heavy (non-hydrogen) atoms. The summed E-state index contributed by atoms with van der Waals surface area (Å²) >= 11 is 0. The largest absolute Gasteiger partial charge is 0.381 e. The summed E-state index contributed by atoms with van der Waals surface area (Å²) in [5, 5.41) is 13.6. The van der Waals surface area contributed by atoms with E-state index in [2.05, 4.69) is 21.0 Å². The van der Waals surface area contributed by atoms with Crippen LogP contribution < -0.4 is 16.0 Å². The van der Waals surface area contributed by atoms with Gasteiger partial charge in [-0.15, -0.1) is 0 Å². The van der Waals surface area contributed by atoms with E-state index in [4.69, 9.17) is 0 Å². The Morgan fingerprint density at radius 2 is 2.19 bits per heavy atom. The molecular formula is C15H19N5O. The van der Waals surface area contributed by atoms with Crippen LogP contribution in [0.2, 0.25) is 0 Å². The average molecular weight is 285 g/mol. The van der Waals surface area contributed by atoms with Crippen molar-refractivity contribution in [3.05, 3.63) is 42.2 Å². The summed E-state index contributed by atoms with van der Waals surface area (Å²) in [6.07, 6.45) is 2.54. The first kappa shape index (κ1) is 13.5. The number of anilines is 2. The van der Waals surface area contributed by atoms with Gasteiger partial charge >= 0.3 is 0 Å². The van der Waals surface area contributed by atoms with Crippen molar-refractivity contribution in [3.63, 3.8) is 0 Å². The molecule has 0 spiro atoms. The predicted molar refractivity (Wildman–Crippen MR) is 82.3 cm³/mol. The molecule has 1 aromatic heterocycles. The maximum atomic E-state index is 12.2. The lowest BCUT2D eigenvalue weighted by atomic mass is 10.1. The van der Waals surface area contributed by atoms with Gasteiger partial charge in [-0.2, -0.15) is 5.10 Å². The Labute approximate surface area is 123 Å². The molecule has 1 amide bonds. The number of benzene rings is 1. The molecule has 0 radical (unpaired) electrons. The Balaban J connectivity index is 1.52. The number of carbonyl (C=O) groups is 1. The van der Waals surface area contributed by atoms with Crippen molar-refractivity contribution >= 4 is 17.3 Å². The van der Waals surface area contributed by atoms with Crippen LogP contribution in [0, 0.1) is 0 Å². The maximum Gasteiger partial charge on any atom is 0.244 e. The van der Waals surface area contributed by atoms with Gasteiger partial charge in [0.2, 0.25) is 5.91 Å². The van der Waals surface area contributed by atoms with Gasteiger partial charge in [-0.05, 0) is 18.2 Å². The highest BCUT2D eigenvalue weighted by atomic mass is 16.2. The van der Waals surface area contributed by atoms with E-state index >= 15 is 0 Å². The molecule has 6 nitrogen and oxygen atoms in total. The van der Waals surface area contributed by atoms with Gasteiger partial charge < -0.3 is 16.0 Å². The van der Waals surface area contributed by atoms with E-state index in [1.54, 1.807) is 6.20 Å². The quantitative estimate of drug-likeness (QED) is 0.783. The lowest BCUT2D eigenvalue weighted by Gasteiger charge is -2.27. The lowest BCUT2D eigenvalue weighted by Crippen LogP contribution is -2.46. The lowest BCUT2D eigenvalue weighted by molar-refractivity contribution is -0.121. The molecule has 1 unspecified atom stereocenters. The summed E-state index contributed by atoms with van der Waals surface area (Å²) < 4.78 is 1.82. The number of hydrogen-bond acceptors (Lipinski definition) is 4. The van der Waals surface area contributed by atoms with Gasteiger partial charge in [-0.1, -0.05) is 12.1 Å². The molecule has 3 N–H and O–H groups in total. The first-order valence-electron chi connectivity index (χ1n) is 7.08. The molecule has 0 saturated heterocycles. The van der Waals surface area contributed by atoms with E-state index in [9.17, 15) is 4.79 Å². The van der Waals surface area contributed by atoms with Crippen molar-refractivity contribution in [1.82, 2.24) is 15.1 Å². The van der Waals surface area contributed by atoms with Gasteiger partial charge in [-0.25, -0.2) is 0 Å². The zero-order valence-electron chi connectivity index (χ0n) is 12.0. The molecule has 1 aliphatic heterocycles. The number of aromatic nitrogens is 2. The van der Waals surface area contributed by atoms with Gasteiger partial charge in [0.05, 0.1) is 11.4 Å². The third kappa shape index (κ3) is 2.99. The topological polar surface area (TPSA) is 71.0 Å². The minimum atomic E-state index is -0.244. The van der Waals surface area contributed by atoms with Crippen LogP contribution in [0.5, 0.6) is 0 Å². The highest BCUT2D eigenvalue weighted by Crippen LogP contribution is 2.25. The van der Waals surface area contributed by atoms with Crippen molar-refractivity contribution in [1.29, 1.82) is 0 Å². The number of nitrogens with zero attached hydrogens (tertiary/aromatic N) is 2. The molecule has 6 heteroatoms. The van der Waals surface area contributed by atoms with E-state index in [0.29, 0.717) is 13.1 Å². The second-order valence-electron chi connectivity index (χ2n) is 5.11. The molecule has 3 rings (SSSR count). The Bertz CT molecular complexity index is 636. The van der Waals surface area contributed by atoms with Gasteiger partial charge in [0.1, 0.15) is 6.04 Å². The normalized spacial score (nSPS) is 16.5. The summed E-state index contributed by atoms with van der Waals surface area (Å²) in [4.78, 5) is 12.2. The fourth-order valence-electron chi connectivity index (χ4n) is 2.46. The van der Waals surface area contributed by atoms with Crippen LogP contribution in [0.4, 0.5) is 11.4 Å². The molecular weight excluding hydrogens is 266 g/mol. The number of amides is 1.